The Morgan fingerprint density at radius 2 is 1.66 bits per heavy atom. The molecule has 0 spiro atoms. The van der Waals surface area contributed by atoms with Crippen LogP contribution < -0.4 is 10.6 Å². The topological polar surface area (TPSA) is 84.5 Å². The molecule has 0 unspecified atom stereocenters. The van der Waals surface area contributed by atoms with Crippen LogP contribution in [0.1, 0.15) is 29.3 Å². The molecule has 0 bridgehead atoms. The second-order valence-electron chi connectivity index (χ2n) is 6.54. The minimum Gasteiger partial charge on any atom is -0.465 e. The molecule has 2 amide bonds. The number of rotatable bonds is 8. The van der Waals surface area contributed by atoms with Crippen LogP contribution in [0.5, 0.6) is 0 Å². The van der Waals surface area contributed by atoms with Crippen molar-refractivity contribution in [3.05, 3.63) is 79.1 Å². The molecular formula is C23H23N2O4. The third kappa shape index (κ3) is 5.79. The van der Waals surface area contributed by atoms with E-state index in [1.165, 1.54) is 0 Å². The largest absolute Gasteiger partial charge is 0.465 e. The van der Waals surface area contributed by atoms with Gasteiger partial charge < -0.3 is 15.4 Å². The van der Waals surface area contributed by atoms with E-state index in [4.69, 9.17) is 4.74 Å². The molecule has 1 aliphatic rings. The highest BCUT2D eigenvalue weighted by atomic mass is 16.5. The number of hydrogen-bond donors (Lipinski definition) is 2. The number of amides is 2. The molecule has 0 saturated heterocycles. The van der Waals surface area contributed by atoms with Crippen LogP contribution in [0.15, 0.2) is 36.4 Å². The van der Waals surface area contributed by atoms with E-state index in [0.29, 0.717) is 5.56 Å². The zero-order valence-corrected chi connectivity index (χ0v) is 16.2. The first kappa shape index (κ1) is 20.8. The van der Waals surface area contributed by atoms with Gasteiger partial charge in [-0.1, -0.05) is 24.3 Å². The summed E-state index contributed by atoms with van der Waals surface area (Å²) in [7, 11) is 0. The maximum absolute atomic E-state index is 12.4. The molecule has 5 radical (unpaired) electrons. The number of nitrogens with one attached hydrogen (secondary N) is 2. The normalized spacial score (nSPS) is 14.0. The minimum absolute atomic E-state index is 0.0851. The Morgan fingerprint density at radius 1 is 0.931 bits per heavy atom. The van der Waals surface area contributed by atoms with Gasteiger partial charge in [0, 0.05) is 24.4 Å². The number of esters is 1. The van der Waals surface area contributed by atoms with Crippen molar-refractivity contribution in [2.75, 3.05) is 19.7 Å². The highest BCUT2D eigenvalue weighted by Crippen LogP contribution is 2.31. The first-order chi connectivity index (χ1) is 14.1. The van der Waals surface area contributed by atoms with Crippen LogP contribution in [0.2, 0.25) is 0 Å². The molecule has 1 fully saturated rings. The van der Waals surface area contributed by atoms with Gasteiger partial charge in [-0.15, -0.1) is 0 Å². The summed E-state index contributed by atoms with van der Waals surface area (Å²) >= 11 is 0. The van der Waals surface area contributed by atoms with Crippen LogP contribution in [-0.4, -0.2) is 37.5 Å². The fourth-order valence-electron chi connectivity index (χ4n) is 3.00. The summed E-state index contributed by atoms with van der Waals surface area (Å²) in [5, 5.41) is 7.21. The maximum Gasteiger partial charge on any atom is 0.325 e. The Morgan fingerprint density at radius 3 is 2.41 bits per heavy atom. The zero-order valence-electron chi connectivity index (χ0n) is 16.2. The molecule has 3 rings (SSSR count). The van der Waals surface area contributed by atoms with Crippen molar-refractivity contribution in [3.8, 4) is 0 Å². The Kier molecular flexibility index (Phi) is 7.22. The fraction of sp³-hybridized carbons (Fsp3) is 0.217. The number of benzene rings is 2. The van der Waals surface area contributed by atoms with Gasteiger partial charge in [-0.3, -0.25) is 14.4 Å². The summed E-state index contributed by atoms with van der Waals surface area (Å²) in [5.74, 6) is 0.111. The van der Waals surface area contributed by atoms with E-state index < -0.39 is 5.97 Å². The molecule has 0 heterocycles. The summed E-state index contributed by atoms with van der Waals surface area (Å²) in [6.07, 6.45) is 8.22. The molecule has 0 atom stereocenters. The second-order valence-corrected chi connectivity index (χ2v) is 6.54. The van der Waals surface area contributed by atoms with Gasteiger partial charge in [0.1, 0.15) is 6.54 Å². The molecule has 6 nitrogen and oxygen atoms in total. The molecule has 1 saturated carbocycles. The Labute approximate surface area is 171 Å². The van der Waals surface area contributed by atoms with Crippen molar-refractivity contribution in [1.82, 2.24) is 10.6 Å². The van der Waals surface area contributed by atoms with Gasteiger partial charge >= 0.3 is 5.97 Å². The van der Waals surface area contributed by atoms with Crippen LogP contribution in [0.3, 0.4) is 0 Å². The van der Waals surface area contributed by atoms with E-state index in [-0.39, 0.29) is 37.9 Å². The molecule has 0 aromatic heterocycles. The van der Waals surface area contributed by atoms with Gasteiger partial charge in [0.2, 0.25) is 5.91 Å². The highest BCUT2D eigenvalue weighted by molar-refractivity contribution is 5.99. The lowest BCUT2D eigenvalue weighted by molar-refractivity contribution is -0.143. The van der Waals surface area contributed by atoms with E-state index in [1.807, 2.05) is 37.1 Å². The molecular weight excluding hydrogens is 368 g/mol. The lowest BCUT2D eigenvalue weighted by Gasteiger charge is -2.10. The minimum atomic E-state index is -0.484. The zero-order chi connectivity index (χ0) is 20.6. The monoisotopic (exact) mass is 391 g/mol. The van der Waals surface area contributed by atoms with Gasteiger partial charge in [-0.25, -0.2) is 0 Å². The van der Waals surface area contributed by atoms with Crippen molar-refractivity contribution in [2.24, 2.45) is 0 Å². The van der Waals surface area contributed by atoms with Gasteiger partial charge in [0.25, 0.3) is 5.91 Å². The summed E-state index contributed by atoms with van der Waals surface area (Å²) in [4.78, 5) is 35.3. The second kappa shape index (κ2) is 10.0. The summed E-state index contributed by atoms with van der Waals surface area (Å²) in [5.41, 5.74) is 1.67. The van der Waals surface area contributed by atoms with Crippen molar-refractivity contribution < 1.29 is 19.1 Å². The molecule has 2 N–H and O–H groups in total. The summed E-state index contributed by atoms with van der Waals surface area (Å²) < 4.78 is 4.73. The van der Waals surface area contributed by atoms with Gasteiger partial charge in [-0.05, 0) is 61.1 Å². The van der Waals surface area contributed by atoms with Crippen LogP contribution in [0, 0.1) is 31.6 Å². The van der Waals surface area contributed by atoms with Crippen molar-refractivity contribution in [2.45, 2.75) is 13.3 Å². The molecule has 2 aromatic rings. The molecule has 149 valence electrons. The molecule has 2 aromatic carbocycles. The predicted molar refractivity (Wildman–Crippen MR) is 110 cm³/mol. The van der Waals surface area contributed by atoms with Crippen LogP contribution in [0.25, 0.3) is 10.8 Å². The lowest BCUT2D eigenvalue weighted by atomic mass is 9.94. The average molecular weight is 391 g/mol. The van der Waals surface area contributed by atoms with Crippen molar-refractivity contribution >= 4 is 28.6 Å². The lowest BCUT2D eigenvalue weighted by Crippen LogP contribution is -2.34. The first-order valence-corrected chi connectivity index (χ1v) is 9.53. The Hall–Kier alpha value is -2.89. The van der Waals surface area contributed by atoms with E-state index >= 15 is 0 Å². The van der Waals surface area contributed by atoms with Crippen LogP contribution in [-0.2, 0) is 14.3 Å². The Balaban J connectivity index is 1.50. The number of carbonyl (C=O) groups is 3. The van der Waals surface area contributed by atoms with Gasteiger partial charge in [0.15, 0.2) is 0 Å². The average Bonchev–Trinajstić information content (AvgIpc) is 3.26. The number of carbonyl (C=O) groups excluding carboxylic acids is 3. The smallest absolute Gasteiger partial charge is 0.325 e. The maximum atomic E-state index is 12.4. The molecule has 6 heteroatoms. The summed E-state index contributed by atoms with van der Waals surface area (Å²) in [6, 6.07) is 11.7. The number of fused-ring (bicyclic) bond motifs is 1. The molecule has 0 aliphatic heterocycles. The highest BCUT2D eigenvalue weighted by Gasteiger charge is 2.19. The van der Waals surface area contributed by atoms with E-state index in [0.717, 1.165) is 22.3 Å². The Bertz CT molecular complexity index is 888. The standard InChI is InChI=1S/C23H23N2O4/c1-2-29-22(27)15-25-21(26)11-12-24-23(28)20-10-9-18-13-17(7-8-19(18)14-20)16-5-3-4-6-16/h3-10,13-14H,2,11-12,15H2,1H3,(H,24,28)(H,25,26). The van der Waals surface area contributed by atoms with E-state index in [9.17, 15) is 14.4 Å². The number of ether oxygens (including phenoxy) is 1. The van der Waals surface area contributed by atoms with Crippen molar-refractivity contribution in [3.63, 3.8) is 0 Å². The third-order valence-corrected chi connectivity index (χ3v) is 4.47. The van der Waals surface area contributed by atoms with Gasteiger partial charge in [-0.2, -0.15) is 0 Å². The summed E-state index contributed by atoms with van der Waals surface area (Å²) in [6.45, 7) is 1.98. The van der Waals surface area contributed by atoms with Crippen LogP contribution >= 0.6 is 0 Å². The van der Waals surface area contributed by atoms with E-state index in [1.54, 1.807) is 13.0 Å². The van der Waals surface area contributed by atoms with E-state index in [2.05, 4.69) is 29.5 Å². The fourth-order valence-corrected chi connectivity index (χ4v) is 3.00. The first-order valence-electron chi connectivity index (χ1n) is 9.53. The quantitative estimate of drug-likeness (QED) is 0.677. The number of hydrogen-bond acceptors (Lipinski definition) is 4. The molecule has 1 aliphatic carbocycles. The van der Waals surface area contributed by atoms with Gasteiger partial charge in [0.05, 0.1) is 6.61 Å². The van der Waals surface area contributed by atoms with Crippen molar-refractivity contribution in [1.29, 1.82) is 0 Å². The van der Waals surface area contributed by atoms with Crippen LogP contribution in [0.4, 0.5) is 0 Å². The SMILES string of the molecule is CCOC(=O)CNC(=O)CCNC(=O)c1ccc2cc([C]3[CH][CH][CH][CH]3)ccc2c1. The third-order valence-electron chi connectivity index (χ3n) is 4.47. The predicted octanol–water partition coefficient (Wildman–Crippen LogP) is 2.39. The molecule has 29 heavy (non-hydrogen) atoms.